The molecule has 2 aromatic rings. The van der Waals surface area contributed by atoms with Crippen molar-refractivity contribution in [2.75, 3.05) is 0 Å². The molecule has 1 unspecified atom stereocenters. The van der Waals surface area contributed by atoms with Crippen LogP contribution >= 0.6 is 23.4 Å². The Kier molecular flexibility index (Phi) is 5.74. The van der Waals surface area contributed by atoms with E-state index in [0.29, 0.717) is 5.92 Å². The van der Waals surface area contributed by atoms with E-state index < -0.39 is 0 Å². The fourth-order valence-electron chi connectivity index (χ4n) is 2.21. The van der Waals surface area contributed by atoms with Gasteiger partial charge in [-0.25, -0.2) is 0 Å². The van der Waals surface area contributed by atoms with Crippen LogP contribution in [0.15, 0.2) is 52.3 Å². The second kappa shape index (κ2) is 7.35. The van der Waals surface area contributed by atoms with Gasteiger partial charge in [-0.3, -0.25) is 0 Å². The number of hydrogen-bond donors (Lipinski definition) is 1. The first-order valence-electron chi connectivity index (χ1n) is 7.28. The van der Waals surface area contributed by atoms with E-state index in [9.17, 15) is 0 Å². The number of hydrogen-bond acceptors (Lipinski definition) is 2. The third-order valence-corrected chi connectivity index (χ3v) is 4.98. The van der Waals surface area contributed by atoms with Gasteiger partial charge in [-0.1, -0.05) is 61.5 Å². The topological polar surface area (TPSA) is 26.0 Å². The Morgan fingerprint density at radius 1 is 1.05 bits per heavy atom. The van der Waals surface area contributed by atoms with Gasteiger partial charge in [0, 0.05) is 15.8 Å². The lowest BCUT2D eigenvalue weighted by Gasteiger charge is -2.13. The van der Waals surface area contributed by atoms with Crippen molar-refractivity contribution in [3.05, 3.63) is 58.6 Å². The summed E-state index contributed by atoms with van der Waals surface area (Å²) in [5.74, 6) is 0.554. The van der Waals surface area contributed by atoms with Gasteiger partial charge in [-0.2, -0.15) is 0 Å². The third kappa shape index (κ3) is 4.50. The molecule has 0 fully saturated rings. The molecule has 0 heterocycles. The highest BCUT2D eigenvalue weighted by Crippen LogP contribution is 2.36. The number of halogens is 1. The number of rotatable bonds is 5. The summed E-state index contributed by atoms with van der Waals surface area (Å²) in [4.78, 5) is 2.33. The zero-order chi connectivity index (χ0) is 15.4. The minimum atomic E-state index is 0.131. The zero-order valence-corrected chi connectivity index (χ0v) is 14.3. The second-order valence-electron chi connectivity index (χ2n) is 5.74. The first-order valence-corrected chi connectivity index (χ1v) is 8.47. The average Bonchev–Trinajstić information content (AvgIpc) is 2.42. The fourth-order valence-corrected chi connectivity index (χ4v) is 3.48. The second-order valence-corrected chi connectivity index (χ2v) is 7.23. The highest BCUT2D eigenvalue weighted by Gasteiger charge is 2.11. The molecule has 1 atom stereocenters. The molecule has 0 spiro atoms. The molecule has 0 aliphatic rings. The van der Waals surface area contributed by atoms with Crippen LogP contribution in [-0.2, 0) is 6.42 Å². The molecule has 0 amide bonds. The maximum atomic E-state index is 6.38. The van der Waals surface area contributed by atoms with Gasteiger partial charge in [-0.15, -0.1) is 0 Å². The van der Waals surface area contributed by atoms with Crippen molar-refractivity contribution >= 4 is 23.4 Å². The summed E-state index contributed by atoms with van der Waals surface area (Å²) in [5, 5.41) is 0.797. The average molecular weight is 320 g/mol. The van der Waals surface area contributed by atoms with E-state index in [2.05, 4.69) is 44.2 Å². The predicted octanol–water partition coefficient (Wildman–Crippen LogP) is 5.50. The highest BCUT2D eigenvalue weighted by atomic mass is 35.5. The van der Waals surface area contributed by atoms with Crippen molar-refractivity contribution < 1.29 is 0 Å². The van der Waals surface area contributed by atoms with Crippen LogP contribution in [0.1, 0.15) is 37.8 Å². The molecule has 0 aromatic heterocycles. The van der Waals surface area contributed by atoms with Crippen molar-refractivity contribution in [2.45, 2.75) is 48.9 Å². The van der Waals surface area contributed by atoms with Gasteiger partial charge in [0.05, 0.1) is 5.02 Å². The van der Waals surface area contributed by atoms with Gasteiger partial charge in [0.15, 0.2) is 0 Å². The molecule has 21 heavy (non-hydrogen) atoms. The standard InChI is InChI=1S/C18H22ClNS/c1-12(2)14-7-9-16(10-8-14)21-18-15(11-13(3)20)5-4-6-17(18)19/h4-10,12-13H,11,20H2,1-3H3. The maximum Gasteiger partial charge on any atom is 0.0548 e. The maximum absolute atomic E-state index is 6.38. The van der Waals surface area contributed by atoms with E-state index in [0.717, 1.165) is 16.3 Å². The summed E-state index contributed by atoms with van der Waals surface area (Å²) in [6.07, 6.45) is 0.840. The summed E-state index contributed by atoms with van der Waals surface area (Å²) in [6.45, 7) is 6.43. The number of nitrogens with two attached hydrogens (primary N) is 1. The monoisotopic (exact) mass is 319 g/mol. The van der Waals surface area contributed by atoms with Gasteiger partial charge in [0.25, 0.3) is 0 Å². The van der Waals surface area contributed by atoms with Gasteiger partial charge in [-0.05, 0) is 48.6 Å². The first kappa shape index (κ1) is 16.4. The Labute approximate surface area is 136 Å². The van der Waals surface area contributed by atoms with Crippen LogP contribution in [0.25, 0.3) is 0 Å². The van der Waals surface area contributed by atoms with Crippen LogP contribution in [0.3, 0.4) is 0 Å². The lowest BCUT2D eigenvalue weighted by atomic mass is 10.0. The Morgan fingerprint density at radius 2 is 1.71 bits per heavy atom. The van der Waals surface area contributed by atoms with Crippen molar-refractivity contribution in [3.8, 4) is 0 Å². The van der Waals surface area contributed by atoms with Crippen LogP contribution in [-0.4, -0.2) is 6.04 Å². The highest BCUT2D eigenvalue weighted by molar-refractivity contribution is 7.99. The minimum Gasteiger partial charge on any atom is -0.328 e. The van der Waals surface area contributed by atoms with E-state index in [1.165, 1.54) is 16.0 Å². The van der Waals surface area contributed by atoms with E-state index in [1.54, 1.807) is 11.8 Å². The molecule has 112 valence electrons. The predicted molar refractivity (Wildman–Crippen MR) is 93.5 cm³/mol. The van der Waals surface area contributed by atoms with Gasteiger partial charge in [0.1, 0.15) is 0 Å². The van der Waals surface area contributed by atoms with Crippen molar-refractivity contribution in [3.63, 3.8) is 0 Å². The molecule has 0 aliphatic carbocycles. The Hall–Kier alpha value is -0.960. The van der Waals surface area contributed by atoms with E-state index in [-0.39, 0.29) is 6.04 Å². The van der Waals surface area contributed by atoms with Crippen LogP contribution in [0.5, 0.6) is 0 Å². The Bertz CT molecular complexity index is 591. The summed E-state index contributed by atoms with van der Waals surface area (Å²) >= 11 is 8.10. The normalized spacial score (nSPS) is 12.7. The SMILES string of the molecule is CC(N)Cc1cccc(Cl)c1Sc1ccc(C(C)C)cc1. The molecule has 2 N–H and O–H groups in total. The lowest BCUT2D eigenvalue weighted by Crippen LogP contribution is -2.18. The first-order chi connectivity index (χ1) is 9.97. The van der Waals surface area contributed by atoms with Crippen molar-refractivity contribution in [1.82, 2.24) is 0 Å². The molecule has 0 bridgehead atoms. The summed E-state index contributed by atoms with van der Waals surface area (Å²) in [6, 6.07) is 14.9. The van der Waals surface area contributed by atoms with E-state index >= 15 is 0 Å². The lowest BCUT2D eigenvalue weighted by molar-refractivity contribution is 0.729. The van der Waals surface area contributed by atoms with E-state index in [1.807, 2.05) is 19.1 Å². The number of benzene rings is 2. The molecule has 1 nitrogen and oxygen atoms in total. The third-order valence-electron chi connectivity index (χ3n) is 3.36. The van der Waals surface area contributed by atoms with Crippen molar-refractivity contribution in [1.29, 1.82) is 0 Å². The van der Waals surface area contributed by atoms with Crippen molar-refractivity contribution in [2.24, 2.45) is 5.73 Å². The molecular formula is C18H22ClNS. The van der Waals surface area contributed by atoms with Crippen LogP contribution in [0, 0.1) is 0 Å². The minimum absolute atomic E-state index is 0.131. The summed E-state index contributed by atoms with van der Waals surface area (Å²) < 4.78 is 0. The Balaban J connectivity index is 2.26. The van der Waals surface area contributed by atoms with E-state index in [4.69, 9.17) is 17.3 Å². The molecule has 0 saturated carbocycles. The van der Waals surface area contributed by atoms with Crippen LogP contribution < -0.4 is 5.73 Å². The molecular weight excluding hydrogens is 298 g/mol. The molecule has 0 saturated heterocycles. The molecule has 2 aromatic carbocycles. The van der Waals surface area contributed by atoms with Crippen LogP contribution in [0.2, 0.25) is 5.02 Å². The smallest absolute Gasteiger partial charge is 0.0548 e. The largest absolute Gasteiger partial charge is 0.328 e. The molecule has 0 radical (unpaired) electrons. The summed E-state index contributed by atoms with van der Waals surface area (Å²) in [7, 11) is 0. The Morgan fingerprint density at radius 3 is 2.29 bits per heavy atom. The molecule has 2 rings (SSSR count). The summed E-state index contributed by atoms with van der Waals surface area (Å²) in [5.41, 5.74) is 8.51. The molecule has 0 aliphatic heterocycles. The fraction of sp³-hybridized carbons (Fsp3) is 0.333. The van der Waals surface area contributed by atoms with Crippen LogP contribution in [0.4, 0.5) is 0 Å². The van der Waals surface area contributed by atoms with Gasteiger partial charge < -0.3 is 5.73 Å². The quantitative estimate of drug-likeness (QED) is 0.787. The molecule has 3 heteroatoms. The van der Waals surface area contributed by atoms with Gasteiger partial charge in [0.2, 0.25) is 0 Å². The zero-order valence-electron chi connectivity index (χ0n) is 12.8. The van der Waals surface area contributed by atoms with Gasteiger partial charge >= 0.3 is 0 Å².